The van der Waals surface area contributed by atoms with Crippen molar-refractivity contribution in [3.63, 3.8) is 0 Å². The third-order valence-electron chi connectivity index (χ3n) is 8.84. The monoisotopic (exact) mass is 558 g/mol. The Labute approximate surface area is 240 Å². The standard InChI is InChI=1S/C32H38N4O5/c1-21-19-35(14-15-36(21)30(37)13-10-22-6-2-3-7-22)32(39)27(16-24-18-33-26-9-5-4-8-25(24)26)34-31(38)23-11-12-28-29(17-23)41-20-40-28/h4-5,8-9,11-12,17-18,21-22,27,33H,2-3,6-7,10,13-16,19-20H2,1H3,(H,34,38)/t21-,27-/m0/s1. The number of aromatic nitrogens is 1. The maximum atomic E-state index is 14.0. The van der Waals surface area contributed by atoms with Crippen molar-refractivity contribution in [2.75, 3.05) is 26.4 Å². The van der Waals surface area contributed by atoms with E-state index in [1.807, 2.05) is 42.3 Å². The number of hydrogen-bond acceptors (Lipinski definition) is 5. The Morgan fingerprint density at radius 2 is 1.85 bits per heavy atom. The first kappa shape index (κ1) is 27.2. The largest absolute Gasteiger partial charge is 0.454 e. The molecule has 1 aromatic heterocycles. The lowest BCUT2D eigenvalue weighted by molar-refractivity contribution is -0.143. The highest BCUT2D eigenvalue weighted by molar-refractivity contribution is 5.98. The highest BCUT2D eigenvalue weighted by Crippen LogP contribution is 2.33. The molecule has 1 saturated heterocycles. The van der Waals surface area contributed by atoms with Crippen LogP contribution in [0.15, 0.2) is 48.7 Å². The molecule has 3 amide bonds. The van der Waals surface area contributed by atoms with E-state index in [-0.39, 0.29) is 30.6 Å². The molecule has 2 N–H and O–H groups in total. The summed E-state index contributed by atoms with van der Waals surface area (Å²) >= 11 is 0. The van der Waals surface area contributed by atoms with Crippen molar-refractivity contribution < 1.29 is 23.9 Å². The van der Waals surface area contributed by atoms with E-state index in [0.717, 1.165) is 22.9 Å². The summed E-state index contributed by atoms with van der Waals surface area (Å²) < 4.78 is 10.8. The summed E-state index contributed by atoms with van der Waals surface area (Å²) in [5.41, 5.74) is 2.34. The Hall–Kier alpha value is -4.01. The van der Waals surface area contributed by atoms with Gasteiger partial charge in [-0.05, 0) is 49.1 Å². The Balaban J connectivity index is 1.16. The molecule has 6 rings (SSSR count). The molecule has 2 atom stereocenters. The van der Waals surface area contributed by atoms with Crippen LogP contribution in [0, 0.1) is 5.92 Å². The first-order valence-electron chi connectivity index (χ1n) is 14.8. The van der Waals surface area contributed by atoms with Crippen molar-refractivity contribution in [3.8, 4) is 11.5 Å². The number of H-pyrrole nitrogens is 1. The zero-order valence-electron chi connectivity index (χ0n) is 23.6. The van der Waals surface area contributed by atoms with Crippen LogP contribution in [0.5, 0.6) is 11.5 Å². The highest BCUT2D eigenvalue weighted by Gasteiger charge is 2.34. The van der Waals surface area contributed by atoms with Crippen molar-refractivity contribution in [2.45, 2.75) is 64.0 Å². The number of rotatable bonds is 8. The van der Waals surface area contributed by atoms with Crippen molar-refractivity contribution in [3.05, 3.63) is 59.8 Å². The number of fused-ring (bicyclic) bond motifs is 2. The fraction of sp³-hybridized carbons (Fsp3) is 0.469. The fourth-order valence-corrected chi connectivity index (χ4v) is 6.52. The number of nitrogens with zero attached hydrogens (tertiary/aromatic N) is 2. The van der Waals surface area contributed by atoms with Crippen molar-refractivity contribution in [1.82, 2.24) is 20.1 Å². The predicted octanol–water partition coefficient (Wildman–Crippen LogP) is 4.27. The maximum Gasteiger partial charge on any atom is 0.252 e. The van der Waals surface area contributed by atoms with E-state index >= 15 is 0 Å². The van der Waals surface area contributed by atoms with Gasteiger partial charge in [0.1, 0.15) is 6.04 Å². The lowest BCUT2D eigenvalue weighted by Gasteiger charge is -2.41. The first-order chi connectivity index (χ1) is 20.0. The van der Waals surface area contributed by atoms with Gasteiger partial charge < -0.3 is 29.6 Å². The van der Waals surface area contributed by atoms with Gasteiger partial charge in [0.2, 0.25) is 18.6 Å². The van der Waals surface area contributed by atoms with Crippen LogP contribution in [0.3, 0.4) is 0 Å². The summed E-state index contributed by atoms with van der Waals surface area (Å²) in [6, 6.07) is 12.1. The van der Waals surface area contributed by atoms with Crippen molar-refractivity contribution in [1.29, 1.82) is 0 Å². The Morgan fingerprint density at radius 3 is 2.68 bits per heavy atom. The molecule has 9 nitrogen and oxygen atoms in total. The Morgan fingerprint density at radius 1 is 1.05 bits per heavy atom. The number of hydrogen-bond donors (Lipinski definition) is 2. The topological polar surface area (TPSA) is 104 Å². The second kappa shape index (κ2) is 11.8. The van der Waals surface area contributed by atoms with Crippen LogP contribution in [0.1, 0.15) is 61.4 Å². The molecule has 41 heavy (non-hydrogen) atoms. The molecule has 0 spiro atoms. The van der Waals surface area contributed by atoms with E-state index in [9.17, 15) is 14.4 Å². The SMILES string of the molecule is C[C@H]1CN(C(=O)[C@H](Cc2c[nH]c3ccccc23)NC(=O)c2ccc3c(c2)OCO3)CCN1C(=O)CCC1CCCC1. The van der Waals surface area contributed by atoms with Gasteiger partial charge in [-0.25, -0.2) is 0 Å². The van der Waals surface area contributed by atoms with Crippen LogP contribution < -0.4 is 14.8 Å². The predicted molar refractivity (Wildman–Crippen MR) is 155 cm³/mol. The minimum atomic E-state index is -0.774. The van der Waals surface area contributed by atoms with Gasteiger partial charge in [-0.15, -0.1) is 0 Å². The highest BCUT2D eigenvalue weighted by atomic mass is 16.7. The summed E-state index contributed by atoms with van der Waals surface area (Å²) in [6.45, 7) is 3.52. The molecule has 3 aliphatic rings. The molecule has 9 heteroatoms. The van der Waals surface area contributed by atoms with E-state index in [4.69, 9.17) is 9.47 Å². The number of carbonyl (C=O) groups excluding carboxylic acids is 3. The van der Waals surface area contributed by atoms with Gasteiger partial charge >= 0.3 is 0 Å². The minimum absolute atomic E-state index is 0.0814. The van der Waals surface area contributed by atoms with E-state index in [1.54, 1.807) is 23.1 Å². The van der Waals surface area contributed by atoms with E-state index in [0.29, 0.717) is 55.5 Å². The van der Waals surface area contributed by atoms with Gasteiger partial charge in [-0.2, -0.15) is 0 Å². The molecule has 2 aromatic carbocycles. The van der Waals surface area contributed by atoms with Gasteiger partial charge in [0.15, 0.2) is 11.5 Å². The summed E-state index contributed by atoms with van der Waals surface area (Å²) in [6.07, 6.45) is 8.82. The molecule has 0 radical (unpaired) electrons. The normalized spacial score (nSPS) is 19.5. The molecule has 2 fully saturated rings. The average Bonchev–Trinajstić information content (AvgIpc) is 3.76. The number of carbonyl (C=O) groups is 3. The number of ether oxygens (including phenoxy) is 2. The van der Waals surface area contributed by atoms with Crippen molar-refractivity contribution in [2.24, 2.45) is 5.92 Å². The quantitative estimate of drug-likeness (QED) is 0.430. The molecule has 1 saturated carbocycles. The average molecular weight is 559 g/mol. The summed E-state index contributed by atoms with van der Waals surface area (Å²) in [4.78, 5) is 47.4. The Bertz CT molecular complexity index is 1430. The van der Waals surface area contributed by atoms with E-state index in [2.05, 4.69) is 10.3 Å². The molecule has 3 heterocycles. The smallest absolute Gasteiger partial charge is 0.252 e. The van der Waals surface area contributed by atoms with Crippen LogP contribution in [-0.2, 0) is 16.0 Å². The summed E-state index contributed by atoms with van der Waals surface area (Å²) in [5.74, 6) is 1.47. The molecule has 1 aliphatic carbocycles. The third kappa shape index (κ3) is 5.89. The molecular weight excluding hydrogens is 520 g/mol. The Kier molecular flexibility index (Phi) is 7.85. The molecule has 0 bridgehead atoms. The van der Waals surface area contributed by atoms with Gasteiger partial charge in [-0.3, -0.25) is 14.4 Å². The summed E-state index contributed by atoms with van der Waals surface area (Å²) in [7, 11) is 0. The number of para-hydroxylation sites is 1. The van der Waals surface area contributed by atoms with E-state index < -0.39 is 6.04 Å². The second-order valence-corrected chi connectivity index (χ2v) is 11.6. The first-order valence-corrected chi connectivity index (χ1v) is 14.8. The number of aromatic amines is 1. The van der Waals surface area contributed by atoms with Gasteiger partial charge in [-0.1, -0.05) is 43.9 Å². The third-order valence-corrected chi connectivity index (χ3v) is 8.84. The molecule has 216 valence electrons. The van der Waals surface area contributed by atoms with Crippen molar-refractivity contribution >= 4 is 28.6 Å². The fourth-order valence-electron chi connectivity index (χ4n) is 6.52. The minimum Gasteiger partial charge on any atom is -0.454 e. The number of benzene rings is 2. The maximum absolute atomic E-state index is 14.0. The zero-order valence-corrected chi connectivity index (χ0v) is 23.6. The van der Waals surface area contributed by atoms with Crippen LogP contribution in [0.25, 0.3) is 10.9 Å². The van der Waals surface area contributed by atoms with Crippen LogP contribution >= 0.6 is 0 Å². The van der Waals surface area contributed by atoms with Gasteiger partial charge in [0, 0.05) is 61.2 Å². The van der Waals surface area contributed by atoms with Crippen LogP contribution in [0.4, 0.5) is 0 Å². The summed E-state index contributed by atoms with van der Waals surface area (Å²) in [5, 5.41) is 4.03. The second-order valence-electron chi connectivity index (χ2n) is 11.6. The van der Waals surface area contributed by atoms with Gasteiger partial charge in [0.25, 0.3) is 5.91 Å². The van der Waals surface area contributed by atoms with Crippen LogP contribution in [0.2, 0.25) is 0 Å². The van der Waals surface area contributed by atoms with E-state index in [1.165, 1.54) is 25.7 Å². The number of nitrogens with one attached hydrogen (secondary N) is 2. The molecule has 0 unspecified atom stereocenters. The molecule has 3 aromatic rings. The number of amides is 3. The zero-order chi connectivity index (χ0) is 28.3. The van der Waals surface area contributed by atoms with Crippen LogP contribution in [-0.4, -0.2) is 71.0 Å². The molecule has 2 aliphatic heterocycles. The lowest BCUT2D eigenvalue weighted by Crippen LogP contribution is -2.59. The van der Waals surface area contributed by atoms with Gasteiger partial charge in [0.05, 0.1) is 0 Å². The lowest BCUT2D eigenvalue weighted by atomic mass is 10.0. The molecular formula is C32H38N4O5. The number of piperazine rings is 1.